The predicted octanol–water partition coefficient (Wildman–Crippen LogP) is 12.6. The number of nitrogens with zero attached hydrogens (tertiary/aromatic N) is 2. The van der Waals surface area contributed by atoms with Gasteiger partial charge in [0.2, 0.25) is 0 Å². The van der Waals surface area contributed by atoms with Gasteiger partial charge in [-0.1, -0.05) is 145 Å². The van der Waals surface area contributed by atoms with Gasteiger partial charge in [-0.2, -0.15) is 0 Å². The van der Waals surface area contributed by atoms with Crippen LogP contribution in [0.1, 0.15) is 84.5 Å². The minimum Gasteiger partial charge on any atom is -0.469 e. The predicted molar refractivity (Wildman–Crippen MR) is 283 cm³/mol. The Labute approximate surface area is 419 Å². The van der Waals surface area contributed by atoms with Gasteiger partial charge in [0.1, 0.15) is 10.8 Å². The van der Waals surface area contributed by atoms with Crippen LogP contribution in [-0.2, 0) is 35.6 Å². The van der Waals surface area contributed by atoms with E-state index in [-0.39, 0.29) is 40.9 Å². The third-order valence-electron chi connectivity index (χ3n) is 12.9. The normalized spacial score (nSPS) is 13.9. The number of methoxy groups -OCH3 is 1. The Bertz CT molecular complexity index is 2920. The molecule has 2 atom stereocenters. The number of aromatic nitrogens is 3. The second-order valence-electron chi connectivity index (χ2n) is 19.7. The summed E-state index contributed by atoms with van der Waals surface area (Å²) in [7, 11) is -5.01. The SMILES string of the molecule is COC(=O)[C@@H](C)Cc1cccc([C@@](C)(CCCC(C)(C)CS(=O)(=O)CCO[Si](c2ccccc2)(c2ccccc2)C(C)(C)C)c2csc(-c3cc(Sc4c(F)cc5[nH]ccc5c4Br)ccn3)n2)c1. The summed E-state index contributed by atoms with van der Waals surface area (Å²) in [6.45, 7) is 14.8. The van der Waals surface area contributed by atoms with Crippen molar-refractivity contribution >= 4 is 84.4 Å². The Hall–Kier alpha value is -4.44. The number of nitrogens with one attached hydrogen (secondary N) is 1. The molecule has 0 spiro atoms. The Morgan fingerprint density at radius 3 is 2.26 bits per heavy atom. The summed E-state index contributed by atoms with van der Waals surface area (Å²) in [5, 5.41) is 5.68. The van der Waals surface area contributed by atoms with Crippen molar-refractivity contribution in [2.75, 3.05) is 25.2 Å². The van der Waals surface area contributed by atoms with Gasteiger partial charge < -0.3 is 14.1 Å². The van der Waals surface area contributed by atoms with Crippen LogP contribution in [0.5, 0.6) is 0 Å². The zero-order valence-corrected chi connectivity index (χ0v) is 45.1. The molecule has 0 aliphatic heterocycles. The molecule has 4 aromatic carbocycles. The molecular weight excluding hydrogens is 994 g/mol. The third-order valence-corrected chi connectivity index (χ3v) is 23.0. The maximum Gasteiger partial charge on any atom is 0.308 e. The lowest BCUT2D eigenvalue weighted by Crippen LogP contribution is -2.66. The van der Waals surface area contributed by atoms with Crippen LogP contribution in [0.2, 0.25) is 5.04 Å². The molecule has 3 aromatic heterocycles. The maximum atomic E-state index is 15.4. The summed E-state index contributed by atoms with van der Waals surface area (Å²) in [5.41, 5.74) is 3.22. The average molecular weight is 1060 g/mol. The highest BCUT2D eigenvalue weighted by Crippen LogP contribution is 2.43. The molecular formula is C54H61BrFN3O5S3Si. The van der Waals surface area contributed by atoms with Crippen LogP contribution in [0.4, 0.5) is 4.39 Å². The highest BCUT2D eigenvalue weighted by atomic mass is 79.9. The zero-order chi connectivity index (χ0) is 48.9. The molecule has 0 fully saturated rings. The molecule has 1 N–H and O–H groups in total. The van der Waals surface area contributed by atoms with E-state index in [1.807, 2.05) is 87.5 Å². The van der Waals surface area contributed by atoms with Crippen LogP contribution in [0.3, 0.4) is 0 Å². The number of pyridine rings is 1. The molecule has 0 bridgehead atoms. The van der Waals surface area contributed by atoms with Gasteiger partial charge >= 0.3 is 5.97 Å². The Morgan fingerprint density at radius 1 is 0.912 bits per heavy atom. The highest BCUT2D eigenvalue weighted by molar-refractivity contribution is 9.10. The van der Waals surface area contributed by atoms with Crippen molar-refractivity contribution in [3.05, 3.63) is 154 Å². The number of hydrogen-bond donors (Lipinski definition) is 1. The van der Waals surface area contributed by atoms with Gasteiger partial charge in [0.05, 0.1) is 40.8 Å². The number of rotatable bonds is 20. The molecule has 0 amide bonds. The van der Waals surface area contributed by atoms with Gasteiger partial charge in [-0.05, 0) is 98.3 Å². The van der Waals surface area contributed by atoms with Gasteiger partial charge in [0.25, 0.3) is 8.32 Å². The molecule has 8 nitrogen and oxygen atoms in total. The second kappa shape index (κ2) is 21.3. The van der Waals surface area contributed by atoms with Crippen molar-refractivity contribution in [2.24, 2.45) is 11.3 Å². The van der Waals surface area contributed by atoms with E-state index in [2.05, 4.69) is 90.4 Å². The molecule has 14 heteroatoms. The zero-order valence-electron chi connectivity index (χ0n) is 40.1. The van der Waals surface area contributed by atoms with E-state index in [1.54, 1.807) is 12.4 Å². The number of sulfone groups is 1. The topological polar surface area (TPSA) is 111 Å². The van der Waals surface area contributed by atoms with Gasteiger partial charge in [-0.15, -0.1) is 11.3 Å². The maximum absolute atomic E-state index is 15.4. The van der Waals surface area contributed by atoms with Crippen LogP contribution < -0.4 is 10.4 Å². The number of benzene rings is 4. The summed E-state index contributed by atoms with van der Waals surface area (Å²) in [4.78, 5) is 26.8. The van der Waals surface area contributed by atoms with Crippen molar-refractivity contribution in [1.82, 2.24) is 15.0 Å². The first-order chi connectivity index (χ1) is 32.2. The molecule has 358 valence electrons. The Kier molecular flexibility index (Phi) is 16.1. The highest BCUT2D eigenvalue weighted by Gasteiger charge is 2.50. The van der Waals surface area contributed by atoms with Crippen molar-refractivity contribution in [3.8, 4) is 10.7 Å². The minimum atomic E-state index is -3.52. The number of aromatic amines is 1. The van der Waals surface area contributed by atoms with Crippen molar-refractivity contribution in [2.45, 2.75) is 94.4 Å². The molecule has 0 radical (unpaired) electrons. The Morgan fingerprint density at radius 2 is 1.60 bits per heavy atom. The fourth-order valence-corrected chi connectivity index (χ4v) is 18.5. The van der Waals surface area contributed by atoms with Gasteiger partial charge in [0.15, 0.2) is 9.84 Å². The molecule has 7 rings (SSSR count). The van der Waals surface area contributed by atoms with E-state index in [0.717, 1.165) is 54.4 Å². The quantitative estimate of drug-likeness (QED) is 0.0594. The lowest BCUT2D eigenvalue weighted by molar-refractivity contribution is -0.144. The van der Waals surface area contributed by atoms with Gasteiger partial charge in [0, 0.05) is 50.1 Å². The molecule has 0 aliphatic rings. The lowest BCUT2D eigenvalue weighted by Gasteiger charge is -2.43. The molecule has 0 aliphatic carbocycles. The molecule has 0 saturated carbocycles. The summed E-state index contributed by atoms with van der Waals surface area (Å²) in [6, 6.07) is 36.1. The standard InChI is InChI=1S/C54H61BrFN3O5S3Si/c1-37(51(60)63-8)31-38-17-15-18-39(32-38)54(7,47-35-65-50(59-47)46-33-40(23-27-58-46)66-49-44(56)34-45-43(48(49)55)24-28-57-45)26-16-25-53(5,6)36-67(61,62)30-29-64-68(52(2,3)4,41-19-11-9-12-20-41)42-21-13-10-14-22-42/h9-15,17-24,27-28,32-35,37,57H,16,25-26,29-31,36H2,1-8H3/t37-,54+/m0/s1. The van der Waals surface area contributed by atoms with E-state index < -0.39 is 29.0 Å². The van der Waals surface area contributed by atoms with Crippen LogP contribution in [0.25, 0.3) is 21.6 Å². The van der Waals surface area contributed by atoms with Crippen LogP contribution >= 0.6 is 39.0 Å². The summed E-state index contributed by atoms with van der Waals surface area (Å²) < 4.78 is 56.2. The van der Waals surface area contributed by atoms with E-state index in [4.69, 9.17) is 19.1 Å². The van der Waals surface area contributed by atoms with E-state index in [1.165, 1.54) is 36.3 Å². The number of thiazole rings is 1. The number of carbonyl (C=O) groups is 1. The second-order valence-corrected chi connectivity index (χ2v) is 29.0. The summed E-state index contributed by atoms with van der Waals surface area (Å²) in [5.74, 6) is -0.949. The minimum absolute atomic E-state index is 0.0299. The largest absolute Gasteiger partial charge is 0.469 e. The first kappa shape index (κ1) is 51.4. The monoisotopic (exact) mass is 1050 g/mol. The molecule has 68 heavy (non-hydrogen) atoms. The fourth-order valence-electron chi connectivity index (χ4n) is 9.40. The van der Waals surface area contributed by atoms with E-state index in [9.17, 15) is 13.2 Å². The molecule has 7 aromatic rings. The Balaban J connectivity index is 1.10. The number of carbonyl (C=O) groups excluding carboxylic acids is 1. The summed E-state index contributed by atoms with van der Waals surface area (Å²) in [6.07, 6.45) is 6.11. The van der Waals surface area contributed by atoms with Crippen molar-refractivity contribution < 1.29 is 26.8 Å². The van der Waals surface area contributed by atoms with Crippen LogP contribution in [0.15, 0.2) is 141 Å². The number of hydrogen-bond acceptors (Lipinski definition) is 9. The third kappa shape index (κ3) is 11.6. The molecule has 0 unspecified atom stereocenters. The first-order valence-corrected chi connectivity index (χ1v) is 29.2. The summed E-state index contributed by atoms with van der Waals surface area (Å²) >= 11 is 6.46. The van der Waals surface area contributed by atoms with Crippen LogP contribution in [-0.4, -0.2) is 62.9 Å². The number of halogens is 2. The average Bonchev–Trinajstić information content (AvgIpc) is 4.00. The van der Waals surface area contributed by atoms with Gasteiger partial charge in [-0.25, -0.2) is 17.8 Å². The van der Waals surface area contributed by atoms with Crippen molar-refractivity contribution in [3.63, 3.8) is 0 Å². The smallest absolute Gasteiger partial charge is 0.308 e. The number of esters is 1. The van der Waals surface area contributed by atoms with Gasteiger partial charge in [-0.3, -0.25) is 9.78 Å². The van der Waals surface area contributed by atoms with Crippen molar-refractivity contribution in [1.29, 1.82) is 0 Å². The first-order valence-electron chi connectivity index (χ1n) is 22.9. The molecule has 0 saturated heterocycles. The number of fused-ring (bicyclic) bond motifs is 1. The lowest BCUT2D eigenvalue weighted by atomic mass is 9.74. The fraction of sp³-hybridized carbons (Fsp3) is 0.352. The van der Waals surface area contributed by atoms with E-state index >= 15 is 4.39 Å². The number of ether oxygens (including phenoxy) is 1. The number of H-pyrrole nitrogens is 1. The molecule has 3 heterocycles. The van der Waals surface area contributed by atoms with Crippen LogP contribution in [0, 0.1) is 17.2 Å². The van der Waals surface area contributed by atoms with E-state index in [0.29, 0.717) is 34.3 Å².